The van der Waals surface area contributed by atoms with E-state index in [1.807, 2.05) is 31.6 Å². The van der Waals surface area contributed by atoms with Crippen LogP contribution >= 0.6 is 15.9 Å². The number of nitrogens with zero attached hydrogens (tertiary/aromatic N) is 4. The van der Waals surface area contributed by atoms with Crippen LogP contribution in [0.1, 0.15) is 55.8 Å². The maximum Gasteiger partial charge on any atom is 0.433 e. The van der Waals surface area contributed by atoms with Crippen molar-refractivity contribution < 1.29 is 27.5 Å². The summed E-state index contributed by atoms with van der Waals surface area (Å²) in [4.78, 5) is 30.0. The van der Waals surface area contributed by atoms with Crippen LogP contribution in [0, 0.1) is 0 Å². The second-order valence-corrected chi connectivity index (χ2v) is 10.4. The molecule has 0 aliphatic carbocycles. The number of alkyl halides is 3. The molecule has 192 valence electrons. The first-order valence-electron chi connectivity index (χ1n) is 11.3. The van der Waals surface area contributed by atoms with Crippen molar-refractivity contribution in [1.82, 2.24) is 19.7 Å². The number of amides is 2. The van der Waals surface area contributed by atoms with Crippen LogP contribution in [0.3, 0.4) is 0 Å². The zero-order chi connectivity index (χ0) is 26.3. The number of carbonyl (C=O) groups excluding carboxylic acids is 2. The first-order chi connectivity index (χ1) is 16.8. The number of hydrogen-bond acceptors (Lipinski definition) is 5. The van der Waals surface area contributed by atoms with Crippen LogP contribution in [0.15, 0.2) is 41.0 Å². The standard InChI is InChI=1S/C24H25BrF3N5O3/c1-23(2,3)36-22(35)32-9-7-16(8-10-32)33-13-14-11-15(12-17(25)20(14)31-33)29-21(34)18-5-4-6-19(30-18)24(26,27)28/h4-6,11-13,16H,7-10H2,1-3H3,(H,29,34). The molecule has 1 aromatic carbocycles. The van der Waals surface area contributed by atoms with Crippen LogP contribution in [-0.2, 0) is 10.9 Å². The number of fused-ring (bicyclic) bond motifs is 1. The minimum atomic E-state index is -4.64. The van der Waals surface area contributed by atoms with Gasteiger partial charge in [-0.05, 0) is 73.8 Å². The van der Waals surface area contributed by atoms with Gasteiger partial charge in [0, 0.05) is 34.8 Å². The van der Waals surface area contributed by atoms with E-state index in [0.29, 0.717) is 41.6 Å². The van der Waals surface area contributed by atoms with E-state index in [1.165, 1.54) is 6.07 Å². The SMILES string of the molecule is CC(C)(C)OC(=O)N1CCC(n2cc3cc(NC(=O)c4cccc(C(F)(F)F)n4)cc(Br)c3n2)CC1. The quantitative estimate of drug-likeness (QED) is 0.417. The molecule has 1 fully saturated rings. The van der Waals surface area contributed by atoms with Gasteiger partial charge in [0.2, 0.25) is 0 Å². The van der Waals surface area contributed by atoms with Gasteiger partial charge in [0.25, 0.3) is 5.91 Å². The Bertz CT molecular complexity index is 1290. The number of rotatable bonds is 3. The number of likely N-dealkylation sites (tertiary alicyclic amines) is 1. The van der Waals surface area contributed by atoms with E-state index >= 15 is 0 Å². The van der Waals surface area contributed by atoms with E-state index in [4.69, 9.17) is 4.74 Å². The molecule has 4 rings (SSSR count). The molecule has 8 nitrogen and oxygen atoms in total. The van der Waals surface area contributed by atoms with Crippen molar-refractivity contribution in [3.05, 3.63) is 52.4 Å². The van der Waals surface area contributed by atoms with Crippen LogP contribution in [0.2, 0.25) is 0 Å². The molecule has 0 saturated carbocycles. The van der Waals surface area contributed by atoms with Crippen molar-refractivity contribution in [2.75, 3.05) is 18.4 Å². The van der Waals surface area contributed by atoms with Gasteiger partial charge in [-0.1, -0.05) is 6.07 Å². The third-order valence-corrected chi connectivity index (χ3v) is 6.20. The van der Waals surface area contributed by atoms with Crippen molar-refractivity contribution in [2.45, 2.75) is 51.4 Å². The Morgan fingerprint density at radius 1 is 1.14 bits per heavy atom. The lowest BCUT2D eigenvalue weighted by Crippen LogP contribution is -2.42. The molecule has 0 spiro atoms. The summed E-state index contributed by atoms with van der Waals surface area (Å²) in [6.45, 7) is 6.58. The zero-order valence-corrected chi connectivity index (χ0v) is 21.5. The van der Waals surface area contributed by atoms with E-state index in [9.17, 15) is 22.8 Å². The Balaban J connectivity index is 1.47. The maximum absolute atomic E-state index is 12.9. The molecule has 1 N–H and O–H groups in total. The van der Waals surface area contributed by atoms with Crippen molar-refractivity contribution in [1.29, 1.82) is 0 Å². The Morgan fingerprint density at radius 3 is 2.47 bits per heavy atom. The summed E-state index contributed by atoms with van der Waals surface area (Å²) in [7, 11) is 0. The molecular weight excluding hydrogens is 543 g/mol. The van der Waals surface area contributed by atoms with Crippen LogP contribution in [0.5, 0.6) is 0 Å². The summed E-state index contributed by atoms with van der Waals surface area (Å²) in [6.07, 6.45) is -1.71. The number of benzene rings is 1. The number of aromatic nitrogens is 3. The van der Waals surface area contributed by atoms with Gasteiger partial charge < -0.3 is 15.0 Å². The van der Waals surface area contributed by atoms with E-state index in [-0.39, 0.29) is 17.8 Å². The normalized spacial score (nSPS) is 15.2. The predicted molar refractivity (Wildman–Crippen MR) is 131 cm³/mol. The summed E-state index contributed by atoms with van der Waals surface area (Å²) in [5, 5.41) is 8.01. The zero-order valence-electron chi connectivity index (χ0n) is 19.9. The molecule has 1 aliphatic heterocycles. The van der Waals surface area contributed by atoms with Crippen LogP contribution < -0.4 is 5.32 Å². The molecule has 36 heavy (non-hydrogen) atoms. The van der Waals surface area contributed by atoms with Crippen molar-refractivity contribution in [3.63, 3.8) is 0 Å². The first-order valence-corrected chi connectivity index (χ1v) is 12.1. The number of piperidine rings is 1. The van der Waals surface area contributed by atoms with Gasteiger partial charge >= 0.3 is 12.3 Å². The third-order valence-electron chi connectivity index (χ3n) is 5.60. The first kappa shape index (κ1) is 25.9. The Morgan fingerprint density at radius 2 is 1.83 bits per heavy atom. The molecule has 12 heteroatoms. The van der Waals surface area contributed by atoms with Gasteiger partial charge in [-0.15, -0.1) is 0 Å². The lowest BCUT2D eigenvalue weighted by molar-refractivity contribution is -0.141. The molecule has 1 aliphatic rings. The van der Waals surface area contributed by atoms with Gasteiger partial charge in [0.05, 0.1) is 6.04 Å². The maximum atomic E-state index is 12.9. The van der Waals surface area contributed by atoms with Crippen molar-refractivity contribution >= 4 is 44.5 Å². The Hall–Kier alpha value is -3.15. The molecule has 3 aromatic rings. The second-order valence-electron chi connectivity index (χ2n) is 9.56. The average Bonchev–Trinajstić information content (AvgIpc) is 3.22. The van der Waals surface area contributed by atoms with E-state index in [2.05, 4.69) is 31.3 Å². The molecule has 2 amide bonds. The van der Waals surface area contributed by atoms with Gasteiger partial charge in [0.1, 0.15) is 22.5 Å². The molecule has 2 aromatic heterocycles. The van der Waals surface area contributed by atoms with E-state index in [1.54, 1.807) is 17.0 Å². The molecular formula is C24H25BrF3N5O3. The summed E-state index contributed by atoms with van der Waals surface area (Å²) >= 11 is 3.46. The number of pyridine rings is 1. The highest BCUT2D eigenvalue weighted by molar-refractivity contribution is 9.10. The van der Waals surface area contributed by atoms with Crippen molar-refractivity contribution in [3.8, 4) is 0 Å². The predicted octanol–water partition coefficient (Wildman–Crippen LogP) is 6.04. The second kappa shape index (κ2) is 9.72. The number of halogens is 4. The lowest BCUT2D eigenvalue weighted by Gasteiger charge is -2.33. The van der Waals surface area contributed by atoms with E-state index in [0.717, 1.165) is 17.5 Å². The topological polar surface area (TPSA) is 89.4 Å². The minimum absolute atomic E-state index is 0.0790. The molecule has 3 heterocycles. The molecule has 0 atom stereocenters. The number of carbonyl (C=O) groups is 2. The highest BCUT2D eigenvalue weighted by atomic mass is 79.9. The summed E-state index contributed by atoms with van der Waals surface area (Å²) in [6, 6.07) is 6.59. The van der Waals surface area contributed by atoms with E-state index < -0.39 is 23.4 Å². The van der Waals surface area contributed by atoms with Crippen LogP contribution in [-0.4, -0.2) is 50.4 Å². The molecule has 0 radical (unpaired) electrons. The van der Waals surface area contributed by atoms with Gasteiger partial charge in [-0.25, -0.2) is 9.78 Å². The molecule has 1 saturated heterocycles. The molecule has 0 bridgehead atoms. The fraction of sp³-hybridized carbons (Fsp3) is 0.417. The number of ether oxygens (including phenoxy) is 1. The van der Waals surface area contributed by atoms with Gasteiger partial charge in [0.15, 0.2) is 0 Å². The monoisotopic (exact) mass is 567 g/mol. The highest BCUT2D eigenvalue weighted by Crippen LogP contribution is 2.31. The summed E-state index contributed by atoms with van der Waals surface area (Å²) in [5.41, 5.74) is -0.957. The Labute approximate surface area is 213 Å². The highest BCUT2D eigenvalue weighted by Gasteiger charge is 2.33. The van der Waals surface area contributed by atoms with Crippen molar-refractivity contribution in [2.24, 2.45) is 0 Å². The average molecular weight is 568 g/mol. The fourth-order valence-electron chi connectivity index (χ4n) is 3.92. The fourth-order valence-corrected chi connectivity index (χ4v) is 4.48. The number of nitrogens with one attached hydrogen (secondary N) is 1. The summed E-state index contributed by atoms with van der Waals surface area (Å²) < 4.78 is 46.7. The lowest BCUT2D eigenvalue weighted by atomic mass is 10.1. The molecule has 0 unspecified atom stereocenters. The largest absolute Gasteiger partial charge is 0.444 e. The third kappa shape index (κ3) is 5.97. The number of hydrogen-bond donors (Lipinski definition) is 1. The Kier molecular flexibility index (Phi) is 7.00. The van der Waals surface area contributed by atoms with Gasteiger partial charge in [-0.3, -0.25) is 9.48 Å². The summed E-state index contributed by atoms with van der Waals surface area (Å²) in [5.74, 6) is -0.755. The van der Waals surface area contributed by atoms with Crippen LogP contribution in [0.4, 0.5) is 23.7 Å². The van der Waals surface area contributed by atoms with Crippen LogP contribution in [0.25, 0.3) is 10.9 Å². The smallest absolute Gasteiger partial charge is 0.433 e. The minimum Gasteiger partial charge on any atom is -0.444 e. The van der Waals surface area contributed by atoms with Gasteiger partial charge in [-0.2, -0.15) is 18.3 Å². The number of anilines is 1.